The summed E-state index contributed by atoms with van der Waals surface area (Å²) in [6, 6.07) is 11.9. The van der Waals surface area contributed by atoms with Gasteiger partial charge in [-0.05, 0) is 60.4 Å². The molecule has 0 spiro atoms. The Morgan fingerprint density at radius 1 is 0.649 bits per heavy atom. The Kier molecular flexibility index (Phi) is 8.27. The van der Waals surface area contributed by atoms with Gasteiger partial charge in [-0.1, -0.05) is 12.1 Å². The second kappa shape index (κ2) is 11.8. The second-order valence-electron chi connectivity index (χ2n) is 8.75. The van der Waals surface area contributed by atoms with Crippen molar-refractivity contribution in [2.75, 3.05) is 29.7 Å². The fourth-order valence-corrected chi connectivity index (χ4v) is 4.46. The van der Waals surface area contributed by atoms with Gasteiger partial charge in [0.2, 0.25) is 0 Å². The van der Waals surface area contributed by atoms with Crippen LogP contribution in [0.15, 0.2) is 36.4 Å². The normalized spacial score (nSPS) is 13.2. The molecule has 0 aromatic heterocycles. The van der Waals surface area contributed by atoms with Crippen LogP contribution >= 0.6 is 0 Å². The van der Waals surface area contributed by atoms with Crippen LogP contribution in [0.5, 0.6) is 0 Å². The van der Waals surface area contributed by atoms with Crippen LogP contribution in [0, 0.1) is 0 Å². The molecule has 0 fully saturated rings. The Bertz CT molecular complexity index is 1100. The van der Waals surface area contributed by atoms with Crippen molar-refractivity contribution in [3.05, 3.63) is 58.7 Å². The Morgan fingerprint density at radius 2 is 1.05 bits per heavy atom. The molecular weight excluding hydrogens is 480 g/mol. The highest BCUT2D eigenvalue weighted by atomic mass is 16.6. The maximum Gasteiger partial charge on any atom is 0.317 e. The third-order valence-electron chi connectivity index (χ3n) is 6.02. The molecule has 2 heterocycles. The number of esters is 4. The number of nitrogens with zero attached hydrogens (tertiary/aromatic N) is 2. The maximum atomic E-state index is 11.9. The quantitative estimate of drug-likeness (QED) is 0.269. The minimum atomic E-state index is -0.614. The van der Waals surface area contributed by atoms with E-state index in [1.807, 2.05) is 36.4 Å². The van der Waals surface area contributed by atoms with Crippen molar-refractivity contribution in [1.82, 2.24) is 0 Å². The van der Waals surface area contributed by atoms with Gasteiger partial charge in [0.15, 0.2) is 0 Å². The predicted octanol–water partition coefficient (Wildman–Crippen LogP) is 2.98. The third-order valence-corrected chi connectivity index (χ3v) is 6.02. The van der Waals surface area contributed by atoms with Gasteiger partial charge in [-0.3, -0.25) is 19.2 Å². The highest BCUT2D eigenvalue weighted by Crippen LogP contribution is 2.38. The van der Waals surface area contributed by atoms with Crippen molar-refractivity contribution in [1.29, 1.82) is 0 Å². The van der Waals surface area contributed by atoms with E-state index in [0.717, 1.165) is 40.3 Å². The summed E-state index contributed by atoms with van der Waals surface area (Å²) in [5.41, 5.74) is 6.14. The van der Waals surface area contributed by atoms with Gasteiger partial charge in [-0.25, -0.2) is 0 Å². The van der Waals surface area contributed by atoms with Gasteiger partial charge in [-0.15, -0.1) is 0 Å². The number of ether oxygens (including phenoxy) is 4. The largest absolute Gasteiger partial charge is 0.466 e. The molecule has 2 aliphatic heterocycles. The summed E-state index contributed by atoms with van der Waals surface area (Å²) in [4.78, 5) is 51.2. The lowest BCUT2D eigenvalue weighted by molar-refractivity contribution is -0.156. The molecule has 196 valence electrons. The van der Waals surface area contributed by atoms with Crippen LogP contribution in [0.1, 0.15) is 48.9 Å². The molecule has 37 heavy (non-hydrogen) atoms. The molecule has 0 unspecified atom stereocenters. The topological polar surface area (TPSA) is 112 Å². The van der Waals surface area contributed by atoms with Crippen LogP contribution < -0.4 is 9.80 Å². The van der Waals surface area contributed by atoms with Crippen molar-refractivity contribution < 1.29 is 38.1 Å². The van der Waals surface area contributed by atoms with Crippen LogP contribution in [-0.2, 0) is 64.4 Å². The molecule has 0 atom stereocenters. The van der Waals surface area contributed by atoms with Crippen molar-refractivity contribution >= 4 is 35.3 Å². The van der Waals surface area contributed by atoms with Gasteiger partial charge in [0, 0.05) is 24.5 Å². The summed E-state index contributed by atoms with van der Waals surface area (Å²) >= 11 is 0. The lowest BCUT2D eigenvalue weighted by Gasteiger charge is -2.45. The van der Waals surface area contributed by atoms with E-state index in [9.17, 15) is 19.2 Å². The standard InChI is InChI=1S/C27H30N2O8/c1-3-34-24(30)11-26(32)36-15-18-5-7-22-20(9-18)13-28-17-29(22)14-21-10-19(6-8-23(21)28)16-37-27(33)12-25(31)35-4-2/h5-10H,3-4,11-17H2,1-2H3. The van der Waals surface area contributed by atoms with Gasteiger partial charge >= 0.3 is 23.9 Å². The van der Waals surface area contributed by atoms with E-state index in [1.54, 1.807) is 13.8 Å². The molecule has 2 bridgehead atoms. The minimum Gasteiger partial charge on any atom is -0.466 e. The molecule has 4 rings (SSSR count). The summed E-state index contributed by atoms with van der Waals surface area (Å²) in [5, 5.41) is 0. The summed E-state index contributed by atoms with van der Waals surface area (Å²) < 4.78 is 20.0. The fourth-order valence-electron chi connectivity index (χ4n) is 4.46. The molecule has 0 saturated heterocycles. The minimum absolute atomic E-state index is 0.0837. The van der Waals surface area contributed by atoms with E-state index in [0.29, 0.717) is 13.1 Å². The summed E-state index contributed by atoms with van der Waals surface area (Å²) in [7, 11) is 0. The van der Waals surface area contributed by atoms with Crippen molar-refractivity contribution in [3.8, 4) is 0 Å². The van der Waals surface area contributed by atoms with E-state index < -0.39 is 36.7 Å². The molecule has 0 radical (unpaired) electrons. The fraction of sp³-hybridized carbons (Fsp3) is 0.407. The molecule has 0 aliphatic carbocycles. The number of carbonyl (C=O) groups excluding carboxylic acids is 4. The average Bonchev–Trinajstić information content (AvgIpc) is 2.86. The first-order valence-corrected chi connectivity index (χ1v) is 12.2. The van der Waals surface area contributed by atoms with E-state index in [2.05, 4.69) is 9.80 Å². The lowest BCUT2D eigenvalue weighted by Crippen LogP contribution is -2.46. The molecule has 0 N–H and O–H groups in total. The average molecular weight is 511 g/mol. The van der Waals surface area contributed by atoms with Crippen LogP contribution in [0.4, 0.5) is 11.4 Å². The van der Waals surface area contributed by atoms with E-state index in [1.165, 1.54) is 0 Å². The number of carbonyl (C=O) groups is 4. The van der Waals surface area contributed by atoms with Gasteiger partial charge in [0.25, 0.3) is 0 Å². The van der Waals surface area contributed by atoms with Crippen molar-refractivity contribution in [2.24, 2.45) is 0 Å². The number of hydrogen-bond acceptors (Lipinski definition) is 10. The second-order valence-corrected chi connectivity index (χ2v) is 8.75. The molecule has 10 nitrogen and oxygen atoms in total. The van der Waals surface area contributed by atoms with Gasteiger partial charge in [0.1, 0.15) is 26.1 Å². The first-order valence-electron chi connectivity index (χ1n) is 12.2. The van der Waals surface area contributed by atoms with Crippen LogP contribution in [0.3, 0.4) is 0 Å². The number of anilines is 2. The molecule has 2 aliphatic rings. The Morgan fingerprint density at radius 3 is 1.46 bits per heavy atom. The third kappa shape index (κ3) is 6.58. The molecule has 0 saturated carbocycles. The zero-order chi connectivity index (χ0) is 26.4. The van der Waals surface area contributed by atoms with E-state index >= 15 is 0 Å². The molecule has 10 heteroatoms. The van der Waals surface area contributed by atoms with E-state index in [4.69, 9.17) is 18.9 Å². The molecule has 2 aromatic rings. The number of benzene rings is 2. The first kappa shape index (κ1) is 26.0. The van der Waals surface area contributed by atoms with Gasteiger partial charge in [-0.2, -0.15) is 0 Å². The summed E-state index contributed by atoms with van der Waals surface area (Å²) in [6.45, 7) is 6.11. The maximum absolute atomic E-state index is 11.9. The number of fused-ring (bicyclic) bond motifs is 6. The Labute approximate surface area is 215 Å². The van der Waals surface area contributed by atoms with E-state index in [-0.39, 0.29) is 26.4 Å². The van der Waals surface area contributed by atoms with Gasteiger partial charge in [0.05, 0.1) is 19.9 Å². The SMILES string of the molecule is CCOC(=O)CC(=O)OCc1ccc2c(c1)CN1CN2Cc2cc(COC(=O)CC(=O)OCC)ccc21. The van der Waals surface area contributed by atoms with Crippen LogP contribution in [0.2, 0.25) is 0 Å². The highest BCUT2D eigenvalue weighted by molar-refractivity contribution is 5.91. The lowest BCUT2D eigenvalue weighted by atomic mass is 9.99. The molecule has 0 amide bonds. The smallest absolute Gasteiger partial charge is 0.317 e. The zero-order valence-electron chi connectivity index (χ0n) is 21.0. The van der Waals surface area contributed by atoms with Gasteiger partial charge < -0.3 is 28.7 Å². The highest BCUT2D eigenvalue weighted by Gasteiger charge is 2.29. The zero-order valence-corrected chi connectivity index (χ0v) is 21.0. The Hall–Kier alpha value is -4.08. The first-order chi connectivity index (χ1) is 17.9. The predicted molar refractivity (Wildman–Crippen MR) is 132 cm³/mol. The molecular formula is C27H30N2O8. The summed E-state index contributed by atoms with van der Waals surface area (Å²) in [5.74, 6) is -2.42. The van der Waals surface area contributed by atoms with Crippen LogP contribution in [0.25, 0.3) is 0 Å². The molecule has 2 aromatic carbocycles. The van der Waals surface area contributed by atoms with Crippen molar-refractivity contribution in [2.45, 2.75) is 53.0 Å². The summed E-state index contributed by atoms with van der Waals surface area (Å²) in [6.07, 6.45) is -0.798. The Balaban J connectivity index is 1.37. The van der Waals surface area contributed by atoms with Crippen molar-refractivity contribution in [3.63, 3.8) is 0 Å². The number of hydrogen-bond donors (Lipinski definition) is 0. The monoisotopic (exact) mass is 510 g/mol. The van der Waals surface area contributed by atoms with Crippen LogP contribution in [-0.4, -0.2) is 43.8 Å². The number of rotatable bonds is 10.